The third-order valence-electron chi connectivity index (χ3n) is 2.56. The van der Waals surface area contributed by atoms with Crippen molar-refractivity contribution < 1.29 is 0 Å². The average Bonchev–Trinajstić information content (AvgIpc) is 2.01. The van der Waals surface area contributed by atoms with Crippen molar-refractivity contribution in [2.75, 3.05) is 7.05 Å². The van der Waals surface area contributed by atoms with Crippen LogP contribution in [-0.2, 0) is 0 Å². The van der Waals surface area contributed by atoms with Crippen molar-refractivity contribution in [1.29, 1.82) is 0 Å². The second kappa shape index (κ2) is 4.54. The molecule has 0 aromatic carbocycles. The topological polar surface area (TPSA) is 29.3 Å². The average molecular weight is 184 g/mol. The summed E-state index contributed by atoms with van der Waals surface area (Å²) in [6.45, 7) is 11.0. The molecule has 0 spiro atoms. The molecule has 2 heteroatoms. The second-order valence-corrected chi connectivity index (χ2v) is 4.67. The van der Waals surface area contributed by atoms with Crippen LogP contribution in [-0.4, -0.2) is 18.0 Å². The highest BCUT2D eigenvalue weighted by Gasteiger charge is 2.22. The minimum atomic E-state index is 0.132. The maximum atomic E-state index is 5.65. The fraction of sp³-hybridized carbons (Fsp3) is 0.818. The minimum absolute atomic E-state index is 0.132. The largest absolute Gasteiger partial charge is 0.403 e. The molecule has 0 aliphatic carbocycles. The van der Waals surface area contributed by atoms with E-state index in [2.05, 4.69) is 46.6 Å². The van der Waals surface area contributed by atoms with Gasteiger partial charge in [0.25, 0.3) is 0 Å². The SMILES string of the molecule is CCC(C)N(C)/C(=C\N)C(C)(C)C. The van der Waals surface area contributed by atoms with Crippen molar-refractivity contribution in [3.8, 4) is 0 Å². The van der Waals surface area contributed by atoms with Gasteiger partial charge in [-0.25, -0.2) is 0 Å². The van der Waals surface area contributed by atoms with Crippen LogP contribution in [0.25, 0.3) is 0 Å². The standard InChI is InChI=1S/C11H24N2/c1-7-9(2)13(6)10(8-12)11(3,4)5/h8-9H,7,12H2,1-6H3/b10-8-. The predicted molar refractivity (Wildman–Crippen MR) is 59.2 cm³/mol. The summed E-state index contributed by atoms with van der Waals surface area (Å²) < 4.78 is 0. The summed E-state index contributed by atoms with van der Waals surface area (Å²) in [7, 11) is 2.11. The van der Waals surface area contributed by atoms with Gasteiger partial charge in [-0.05, 0) is 13.3 Å². The molecule has 0 aromatic rings. The summed E-state index contributed by atoms with van der Waals surface area (Å²) in [4.78, 5) is 2.26. The highest BCUT2D eigenvalue weighted by Crippen LogP contribution is 2.28. The van der Waals surface area contributed by atoms with E-state index in [9.17, 15) is 0 Å². The fourth-order valence-corrected chi connectivity index (χ4v) is 1.41. The van der Waals surface area contributed by atoms with Crippen molar-refractivity contribution in [2.24, 2.45) is 11.1 Å². The first-order valence-corrected chi connectivity index (χ1v) is 4.99. The van der Waals surface area contributed by atoms with Crippen LogP contribution in [0.2, 0.25) is 0 Å². The van der Waals surface area contributed by atoms with Gasteiger partial charge in [-0.2, -0.15) is 0 Å². The van der Waals surface area contributed by atoms with E-state index in [-0.39, 0.29) is 5.41 Å². The number of nitrogens with two attached hydrogens (primary N) is 1. The van der Waals surface area contributed by atoms with Crippen molar-refractivity contribution in [3.63, 3.8) is 0 Å². The van der Waals surface area contributed by atoms with Gasteiger partial charge in [-0.1, -0.05) is 27.7 Å². The van der Waals surface area contributed by atoms with Gasteiger partial charge in [-0.3, -0.25) is 0 Å². The van der Waals surface area contributed by atoms with Crippen LogP contribution in [0.3, 0.4) is 0 Å². The monoisotopic (exact) mass is 184 g/mol. The number of hydrogen-bond donors (Lipinski definition) is 1. The highest BCUT2D eigenvalue weighted by atomic mass is 15.1. The third kappa shape index (κ3) is 3.29. The normalized spacial score (nSPS) is 15.7. The maximum Gasteiger partial charge on any atom is 0.0344 e. The Kier molecular flexibility index (Phi) is 4.31. The van der Waals surface area contributed by atoms with Gasteiger partial charge < -0.3 is 10.6 Å². The molecule has 78 valence electrons. The number of rotatable bonds is 3. The first-order chi connectivity index (χ1) is 5.84. The molecule has 0 saturated carbocycles. The number of allylic oxidation sites excluding steroid dienone is 1. The predicted octanol–water partition coefficient (Wildman–Crippen LogP) is 2.56. The van der Waals surface area contributed by atoms with Crippen LogP contribution in [0.1, 0.15) is 41.0 Å². The quantitative estimate of drug-likeness (QED) is 0.730. The molecule has 2 nitrogen and oxygen atoms in total. The molecule has 0 heterocycles. The molecular weight excluding hydrogens is 160 g/mol. The van der Waals surface area contributed by atoms with E-state index in [4.69, 9.17) is 5.73 Å². The molecule has 0 radical (unpaired) electrons. The third-order valence-corrected chi connectivity index (χ3v) is 2.56. The highest BCUT2D eigenvalue weighted by molar-refractivity contribution is 5.08. The van der Waals surface area contributed by atoms with Crippen LogP contribution in [0.5, 0.6) is 0 Å². The summed E-state index contributed by atoms with van der Waals surface area (Å²) in [5.41, 5.74) is 6.99. The van der Waals surface area contributed by atoms with E-state index < -0.39 is 0 Å². The second-order valence-electron chi connectivity index (χ2n) is 4.67. The Labute approximate surface area is 82.8 Å². The van der Waals surface area contributed by atoms with E-state index in [0.717, 1.165) is 6.42 Å². The Hall–Kier alpha value is -0.660. The fourth-order valence-electron chi connectivity index (χ4n) is 1.41. The zero-order chi connectivity index (χ0) is 10.6. The minimum Gasteiger partial charge on any atom is -0.403 e. The Bertz CT molecular complexity index is 177. The molecule has 0 aromatic heterocycles. The van der Waals surface area contributed by atoms with Crippen LogP contribution >= 0.6 is 0 Å². The zero-order valence-corrected chi connectivity index (χ0v) is 9.89. The van der Waals surface area contributed by atoms with Gasteiger partial charge in [-0.15, -0.1) is 0 Å². The van der Waals surface area contributed by atoms with Crippen LogP contribution in [0.4, 0.5) is 0 Å². The van der Waals surface area contributed by atoms with Gasteiger partial charge in [0.2, 0.25) is 0 Å². The van der Waals surface area contributed by atoms with Crippen molar-refractivity contribution in [3.05, 3.63) is 11.9 Å². The lowest BCUT2D eigenvalue weighted by atomic mass is 9.90. The van der Waals surface area contributed by atoms with Gasteiger partial charge in [0.05, 0.1) is 0 Å². The van der Waals surface area contributed by atoms with E-state index >= 15 is 0 Å². The van der Waals surface area contributed by atoms with Crippen molar-refractivity contribution >= 4 is 0 Å². The number of nitrogens with zero attached hydrogens (tertiary/aromatic N) is 1. The molecule has 0 amide bonds. The van der Waals surface area contributed by atoms with Gasteiger partial charge in [0.1, 0.15) is 0 Å². The molecular formula is C11H24N2. The molecule has 2 N–H and O–H groups in total. The summed E-state index contributed by atoms with van der Waals surface area (Å²) in [5.74, 6) is 0. The summed E-state index contributed by atoms with van der Waals surface area (Å²) in [6, 6.07) is 0.550. The van der Waals surface area contributed by atoms with Crippen molar-refractivity contribution in [1.82, 2.24) is 4.90 Å². The molecule has 0 aliphatic heterocycles. The maximum absolute atomic E-state index is 5.65. The van der Waals surface area contributed by atoms with Crippen LogP contribution in [0.15, 0.2) is 11.9 Å². The van der Waals surface area contributed by atoms with E-state index in [0.29, 0.717) is 6.04 Å². The summed E-state index contributed by atoms with van der Waals surface area (Å²) in [5, 5.41) is 0. The van der Waals surface area contributed by atoms with E-state index in [1.54, 1.807) is 6.20 Å². The lowest BCUT2D eigenvalue weighted by Gasteiger charge is -2.35. The lowest BCUT2D eigenvalue weighted by molar-refractivity contribution is 0.248. The summed E-state index contributed by atoms with van der Waals surface area (Å²) >= 11 is 0. The summed E-state index contributed by atoms with van der Waals surface area (Å²) in [6.07, 6.45) is 2.87. The molecule has 0 rings (SSSR count). The van der Waals surface area contributed by atoms with E-state index in [1.165, 1.54) is 5.70 Å². The van der Waals surface area contributed by atoms with Crippen LogP contribution in [0, 0.1) is 5.41 Å². The Morgan fingerprint density at radius 2 is 1.92 bits per heavy atom. The molecule has 1 unspecified atom stereocenters. The molecule has 1 atom stereocenters. The molecule has 0 aliphatic rings. The molecule has 13 heavy (non-hydrogen) atoms. The number of hydrogen-bond acceptors (Lipinski definition) is 2. The smallest absolute Gasteiger partial charge is 0.0344 e. The Morgan fingerprint density at radius 1 is 1.46 bits per heavy atom. The first-order valence-electron chi connectivity index (χ1n) is 4.99. The van der Waals surface area contributed by atoms with E-state index in [1.807, 2.05) is 0 Å². The molecule has 0 bridgehead atoms. The van der Waals surface area contributed by atoms with Gasteiger partial charge in [0, 0.05) is 30.4 Å². The van der Waals surface area contributed by atoms with Gasteiger partial charge >= 0.3 is 0 Å². The zero-order valence-electron chi connectivity index (χ0n) is 9.89. The molecule has 0 fully saturated rings. The van der Waals surface area contributed by atoms with Gasteiger partial charge in [0.15, 0.2) is 0 Å². The van der Waals surface area contributed by atoms with Crippen LogP contribution < -0.4 is 5.73 Å². The first kappa shape index (κ1) is 12.3. The van der Waals surface area contributed by atoms with Crippen molar-refractivity contribution in [2.45, 2.75) is 47.1 Å². The lowest BCUT2D eigenvalue weighted by Crippen LogP contribution is -2.34. The Balaban J connectivity index is 4.62. The Morgan fingerprint density at radius 3 is 2.15 bits per heavy atom. The molecule has 0 saturated heterocycles.